The second-order valence-electron chi connectivity index (χ2n) is 4.64. The molecule has 1 aromatic heterocycles. The van der Waals surface area contributed by atoms with Crippen molar-refractivity contribution < 1.29 is 5.11 Å². The van der Waals surface area contributed by atoms with Crippen LogP contribution in [0.15, 0.2) is 0 Å². The number of rotatable bonds is 3. The fraction of sp³-hybridized carbons (Fsp3) is 0.750. The molecule has 2 rings (SSSR count). The molecule has 5 nitrogen and oxygen atoms in total. The maximum atomic E-state index is 9.10. The summed E-state index contributed by atoms with van der Waals surface area (Å²) in [6.45, 7) is 5.06. The second kappa shape index (κ2) is 5.40. The average Bonchev–Trinajstić information content (AvgIpc) is 2.34. The van der Waals surface area contributed by atoms with Gasteiger partial charge in [-0.3, -0.25) is 0 Å². The summed E-state index contributed by atoms with van der Waals surface area (Å²) in [5, 5.41) is 17.4. The fourth-order valence-electron chi connectivity index (χ4n) is 2.28. The van der Waals surface area contributed by atoms with E-state index in [1.165, 1.54) is 6.42 Å². The van der Waals surface area contributed by atoms with Gasteiger partial charge in [0.15, 0.2) is 0 Å². The highest BCUT2D eigenvalue weighted by Crippen LogP contribution is 2.23. The molecule has 1 N–H and O–H groups in total. The summed E-state index contributed by atoms with van der Waals surface area (Å²) < 4.78 is 0. The molecular weight excluding hydrogens is 216 g/mol. The normalized spacial score (nSPS) is 20.6. The first-order valence-electron chi connectivity index (χ1n) is 6.28. The van der Waals surface area contributed by atoms with Gasteiger partial charge in [-0.2, -0.15) is 5.10 Å². The van der Waals surface area contributed by atoms with Crippen LogP contribution in [0.4, 0.5) is 5.95 Å². The van der Waals surface area contributed by atoms with E-state index in [4.69, 9.17) is 5.11 Å². The van der Waals surface area contributed by atoms with Crippen LogP contribution in [0.5, 0.6) is 0 Å². The molecule has 94 valence electrons. The Hall–Kier alpha value is -1.23. The van der Waals surface area contributed by atoms with Crippen molar-refractivity contribution in [3.63, 3.8) is 0 Å². The quantitative estimate of drug-likeness (QED) is 0.855. The lowest BCUT2D eigenvalue weighted by Gasteiger charge is -2.35. The molecule has 17 heavy (non-hydrogen) atoms. The minimum Gasteiger partial charge on any atom is -0.396 e. The van der Waals surface area contributed by atoms with Crippen LogP contribution in [0, 0.1) is 13.8 Å². The van der Waals surface area contributed by atoms with Crippen molar-refractivity contribution in [3.05, 3.63) is 11.4 Å². The van der Waals surface area contributed by atoms with E-state index >= 15 is 0 Å². The van der Waals surface area contributed by atoms with Crippen LogP contribution in [-0.2, 0) is 0 Å². The van der Waals surface area contributed by atoms with E-state index in [1.807, 2.05) is 13.8 Å². The van der Waals surface area contributed by atoms with Crippen LogP contribution in [0.25, 0.3) is 0 Å². The summed E-state index contributed by atoms with van der Waals surface area (Å²) in [6, 6.07) is 0.359. The molecule has 0 saturated carbocycles. The predicted octanol–water partition coefficient (Wildman–Crippen LogP) is 1.23. The highest BCUT2D eigenvalue weighted by Gasteiger charge is 2.24. The molecule has 0 amide bonds. The molecule has 1 aliphatic heterocycles. The molecule has 1 fully saturated rings. The van der Waals surface area contributed by atoms with Crippen molar-refractivity contribution in [1.82, 2.24) is 15.2 Å². The minimum absolute atomic E-state index is 0.222. The monoisotopic (exact) mass is 236 g/mol. The van der Waals surface area contributed by atoms with Gasteiger partial charge < -0.3 is 10.0 Å². The third-order valence-corrected chi connectivity index (χ3v) is 3.43. The number of aromatic nitrogens is 3. The van der Waals surface area contributed by atoms with E-state index in [1.54, 1.807) is 0 Å². The molecule has 1 aromatic rings. The first-order valence-corrected chi connectivity index (χ1v) is 6.28. The number of anilines is 1. The van der Waals surface area contributed by atoms with Gasteiger partial charge in [0.2, 0.25) is 5.95 Å². The molecule has 0 aromatic carbocycles. The Kier molecular flexibility index (Phi) is 3.89. The number of aliphatic hydroxyl groups is 1. The van der Waals surface area contributed by atoms with E-state index in [0.29, 0.717) is 12.0 Å². The highest BCUT2D eigenvalue weighted by molar-refractivity contribution is 5.32. The Morgan fingerprint density at radius 3 is 2.76 bits per heavy atom. The van der Waals surface area contributed by atoms with Crippen molar-refractivity contribution in [2.24, 2.45) is 0 Å². The van der Waals surface area contributed by atoms with Gasteiger partial charge in [-0.15, -0.1) is 5.10 Å². The number of hydrogen-bond acceptors (Lipinski definition) is 5. The standard InChI is InChI=1S/C12H20N4O/c1-9-10(2)14-15-12(13-9)16-7-4-3-5-11(16)6-8-17/h11,17H,3-8H2,1-2H3. The van der Waals surface area contributed by atoms with Gasteiger partial charge in [0.25, 0.3) is 0 Å². The lowest BCUT2D eigenvalue weighted by molar-refractivity contribution is 0.261. The third-order valence-electron chi connectivity index (χ3n) is 3.43. The minimum atomic E-state index is 0.222. The average molecular weight is 236 g/mol. The van der Waals surface area contributed by atoms with Crippen molar-refractivity contribution in [2.45, 2.75) is 45.6 Å². The van der Waals surface area contributed by atoms with Gasteiger partial charge in [0, 0.05) is 19.2 Å². The molecule has 0 radical (unpaired) electrons. The Labute approximate surface area is 102 Å². The lowest BCUT2D eigenvalue weighted by atomic mass is 10.0. The first kappa shape index (κ1) is 12.2. The summed E-state index contributed by atoms with van der Waals surface area (Å²) >= 11 is 0. The maximum Gasteiger partial charge on any atom is 0.245 e. The Morgan fingerprint density at radius 2 is 2.06 bits per heavy atom. The van der Waals surface area contributed by atoms with Crippen LogP contribution >= 0.6 is 0 Å². The summed E-state index contributed by atoms with van der Waals surface area (Å²) in [5.74, 6) is 0.714. The maximum absolute atomic E-state index is 9.10. The Bertz CT molecular complexity index is 381. The van der Waals surface area contributed by atoms with Crippen molar-refractivity contribution in [1.29, 1.82) is 0 Å². The van der Waals surface area contributed by atoms with Crippen LogP contribution in [-0.4, -0.2) is 39.5 Å². The van der Waals surface area contributed by atoms with E-state index in [0.717, 1.165) is 37.2 Å². The smallest absolute Gasteiger partial charge is 0.245 e. The molecule has 0 spiro atoms. The van der Waals surface area contributed by atoms with Crippen molar-refractivity contribution in [3.8, 4) is 0 Å². The Balaban J connectivity index is 2.20. The molecular formula is C12H20N4O. The van der Waals surface area contributed by atoms with Crippen LogP contribution in [0.1, 0.15) is 37.1 Å². The number of piperidine rings is 1. The number of aliphatic hydroxyl groups excluding tert-OH is 1. The number of aryl methyl sites for hydroxylation is 2. The summed E-state index contributed by atoms with van der Waals surface area (Å²) in [6.07, 6.45) is 4.28. The number of nitrogens with zero attached hydrogens (tertiary/aromatic N) is 4. The van der Waals surface area contributed by atoms with Gasteiger partial charge in [0.1, 0.15) is 0 Å². The zero-order valence-corrected chi connectivity index (χ0v) is 10.6. The van der Waals surface area contributed by atoms with Gasteiger partial charge in [-0.05, 0) is 39.5 Å². The fourth-order valence-corrected chi connectivity index (χ4v) is 2.28. The van der Waals surface area contributed by atoms with Gasteiger partial charge in [-0.25, -0.2) is 4.98 Å². The van der Waals surface area contributed by atoms with Gasteiger partial charge in [-0.1, -0.05) is 0 Å². The van der Waals surface area contributed by atoms with Gasteiger partial charge in [0.05, 0.1) is 11.4 Å². The topological polar surface area (TPSA) is 62.1 Å². The van der Waals surface area contributed by atoms with E-state index < -0.39 is 0 Å². The Morgan fingerprint density at radius 1 is 1.24 bits per heavy atom. The SMILES string of the molecule is Cc1nnc(N2CCCCC2CCO)nc1C. The second-order valence-corrected chi connectivity index (χ2v) is 4.64. The summed E-state index contributed by atoms with van der Waals surface area (Å²) in [4.78, 5) is 6.69. The molecule has 0 bridgehead atoms. The molecule has 2 heterocycles. The lowest BCUT2D eigenvalue weighted by Crippen LogP contribution is -2.41. The van der Waals surface area contributed by atoms with Crippen molar-refractivity contribution >= 4 is 5.95 Å². The molecule has 5 heteroatoms. The van der Waals surface area contributed by atoms with E-state index in [2.05, 4.69) is 20.1 Å². The van der Waals surface area contributed by atoms with Gasteiger partial charge >= 0.3 is 0 Å². The summed E-state index contributed by atoms with van der Waals surface area (Å²) in [7, 11) is 0. The molecule has 1 atom stereocenters. The molecule has 1 aliphatic rings. The zero-order chi connectivity index (χ0) is 12.3. The largest absolute Gasteiger partial charge is 0.396 e. The van der Waals surface area contributed by atoms with Crippen molar-refractivity contribution in [2.75, 3.05) is 18.1 Å². The third kappa shape index (κ3) is 2.72. The summed E-state index contributed by atoms with van der Waals surface area (Å²) in [5.41, 5.74) is 1.81. The first-order chi connectivity index (χ1) is 8.22. The predicted molar refractivity (Wildman–Crippen MR) is 66.0 cm³/mol. The molecule has 1 saturated heterocycles. The van der Waals surface area contributed by atoms with E-state index in [9.17, 15) is 0 Å². The molecule has 0 aliphatic carbocycles. The highest BCUT2D eigenvalue weighted by atomic mass is 16.3. The van der Waals surface area contributed by atoms with Crippen LogP contribution in [0.2, 0.25) is 0 Å². The number of hydrogen-bond donors (Lipinski definition) is 1. The zero-order valence-electron chi connectivity index (χ0n) is 10.6. The molecule has 1 unspecified atom stereocenters. The van der Waals surface area contributed by atoms with Crippen LogP contribution in [0.3, 0.4) is 0 Å². The van der Waals surface area contributed by atoms with Crippen LogP contribution < -0.4 is 4.90 Å². The van der Waals surface area contributed by atoms with E-state index in [-0.39, 0.29) is 6.61 Å².